The van der Waals surface area contributed by atoms with E-state index in [1.807, 2.05) is 30.2 Å². The monoisotopic (exact) mass is 423 g/mol. The molecule has 1 aliphatic heterocycles. The van der Waals surface area contributed by atoms with Crippen molar-refractivity contribution in [1.82, 2.24) is 10.3 Å². The summed E-state index contributed by atoms with van der Waals surface area (Å²) in [7, 11) is 0. The second-order valence-electron chi connectivity index (χ2n) is 6.65. The molecule has 0 saturated carbocycles. The summed E-state index contributed by atoms with van der Waals surface area (Å²) in [5, 5.41) is 4.60. The van der Waals surface area contributed by atoms with E-state index in [2.05, 4.69) is 52.6 Å². The number of benzene rings is 2. The number of nitrogens with zero attached hydrogens (tertiary/aromatic N) is 2. The minimum Gasteiger partial charge on any atom is -0.287 e. The van der Waals surface area contributed by atoms with Gasteiger partial charge in [0.1, 0.15) is 5.82 Å². The second-order valence-corrected chi connectivity index (χ2v) is 9.11. The van der Waals surface area contributed by atoms with E-state index in [0.717, 1.165) is 40.3 Å². The van der Waals surface area contributed by atoms with Crippen LogP contribution in [-0.4, -0.2) is 29.0 Å². The Kier molecular flexibility index (Phi) is 6.64. The molecule has 1 unspecified atom stereocenters. The van der Waals surface area contributed by atoms with Crippen LogP contribution in [0, 0.1) is 5.82 Å². The van der Waals surface area contributed by atoms with Crippen LogP contribution in [0.3, 0.4) is 0 Å². The number of hydrogen-bond acceptors (Lipinski definition) is 5. The number of rotatable bonds is 7. The number of fused-ring (bicyclic) bond motifs is 1. The summed E-state index contributed by atoms with van der Waals surface area (Å²) in [6.07, 6.45) is 6.73. The van der Waals surface area contributed by atoms with Gasteiger partial charge in [-0.25, -0.2) is 4.39 Å². The Morgan fingerprint density at radius 1 is 1.21 bits per heavy atom. The van der Waals surface area contributed by atoms with Gasteiger partial charge in [-0.3, -0.25) is 15.3 Å². The third-order valence-electron chi connectivity index (χ3n) is 4.54. The Hall–Kier alpha value is -2.15. The average molecular weight is 424 g/mol. The lowest BCUT2D eigenvalue weighted by atomic mass is 10.1. The molecule has 0 bridgehead atoms. The summed E-state index contributed by atoms with van der Waals surface area (Å²) in [6.45, 7) is 2.92. The SMILES string of the molecule is CCSc1ccnc2ccc(/C=C3/C=NC(NCCc4cccc(F)c4)S3)cc12. The molecular weight excluding hydrogens is 401 g/mol. The summed E-state index contributed by atoms with van der Waals surface area (Å²) in [5.41, 5.74) is 3.17. The van der Waals surface area contributed by atoms with Gasteiger partial charge in [0.25, 0.3) is 0 Å². The molecule has 148 valence electrons. The zero-order valence-corrected chi connectivity index (χ0v) is 17.8. The van der Waals surface area contributed by atoms with Crippen molar-refractivity contribution >= 4 is 46.7 Å². The number of thioether (sulfide) groups is 2. The molecule has 2 heterocycles. The van der Waals surface area contributed by atoms with Crippen LogP contribution in [-0.2, 0) is 6.42 Å². The van der Waals surface area contributed by atoms with E-state index in [0.29, 0.717) is 0 Å². The van der Waals surface area contributed by atoms with Gasteiger partial charge in [-0.2, -0.15) is 0 Å². The molecule has 2 aromatic carbocycles. The lowest BCUT2D eigenvalue weighted by Crippen LogP contribution is -2.24. The molecule has 0 spiro atoms. The topological polar surface area (TPSA) is 37.3 Å². The Morgan fingerprint density at radius 2 is 2.14 bits per heavy atom. The van der Waals surface area contributed by atoms with Gasteiger partial charge in [0.15, 0.2) is 5.50 Å². The molecule has 1 aliphatic rings. The minimum absolute atomic E-state index is 0.00291. The Bertz CT molecular complexity index is 1060. The molecule has 3 nitrogen and oxygen atoms in total. The van der Waals surface area contributed by atoms with E-state index < -0.39 is 0 Å². The molecule has 0 fully saturated rings. The number of aromatic nitrogens is 1. The van der Waals surface area contributed by atoms with Gasteiger partial charge in [0.05, 0.1) is 5.52 Å². The standard InChI is InChI=1S/C23H22FN3S2/c1-2-28-22-9-11-25-21-7-6-17(14-20(21)22)13-19-15-27-23(29-19)26-10-8-16-4-3-5-18(24)12-16/h3-7,9,11-15,23,26H,2,8,10H2,1H3/b19-13-. The van der Waals surface area contributed by atoms with E-state index in [1.165, 1.54) is 16.3 Å². The van der Waals surface area contributed by atoms with Gasteiger partial charge in [-0.1, -0.05) is 36.9 Å². The highest BCUT2D eigenvalue weighted by molar-refractivity contribution is 8.04. The van der Waals surface area contributed by atoms with Crippen LogP contribution in [0.5, 0.6) is 0 Å². The van der Waals surface area contributed by atoms with Crippen molar-refractivity contribution < 1.29 is 4.39 Å². The predicted molar refractivity (Wildman–Crippen MR) is 124 cm³/mol. The molecule has 1 atom stereocenters. The van der Waals surface area contributed by atoms with Crippen molar-refractivity contribution in [2.45, 2.75) is 23.7 Å². The number of hydrogen-bond donors (Lipinski definition) is 1. The number of allylic oxidation sites excluding steroid dienone is 1. The molecule has 6 heteroatoms. The summed E-state index contributed by atoms with van der Waals surface area (Å²) in [4.78, 5) is 11.4. The van der Waals surface area contributed by atoms with Crippen molar-refractivity contribution in [2.75, 3.05) is 12.3 Å². The first kappa shape index (κ1) is 20.1. The summed E-state index contributed by atoms with van der Waals surface area (Å²) in [5.74, 6) is 0.850. The Labute approximate surface area is 178 Å². The van der Waals surface area contributed by atoms with Crippen molar-refractivity contribution in [3.63, 3.8) is 0 Å². The Morgan fingerprint density at radius 3 is 3.00 bits per heavy atom. The lowest BCUT2D eigenvalue weighted by molar-refractivity contribution is 0.622. The second kappa shape index (κ2) is 9.57. The van der Waals surface area contributed by atoms with Crippen molar-refractivity contribution in [3.05, 3.63) is 76.6 Å². The van der Waals surface area contributed by atoms with Gasteiger partial charge in [0.2, 0.25) is 0 Å². The molecule has 1 aromatic heterocycles. The molecule has 0 aliphatic carbocycles. The minimum atomic E-state index is -0.188. The van der Waals surface area contributed by atoms with Gasteiger partial charge >= 0.3 is 0 Å². The van der Waals surface area contributed by atoms with E-state index in [9.17, 15) is 4.39 Å². The van der Waals surface area contributed by atoms with Gasteiger partial charge in [0, 0.05) is 34.1 Å². The number of pyridine rings is 1. The van der Waals surface area contributed by atoms with E-state index in [-0.39, 0.29) is 11.3 Å². The lowest BCUT2D eigenvalue weighted by Gasteiger charge is -2.09. The van der Waals surface area contributed by atoms with E-state index >= 15 is 0 Å². The molecular formula is C23H22FN3S2. The normalized spacial score (nSPS) is 17.4. The predicted octanol–water partition coefficient (Wildman–Crippen LogP) is 5.76. The van der Waals surface area contributed by atoms with Crippen molar-refractivity contribution in [3.8, 4) is 0 Å². The third kappa shape index (κ3) is 5.26. The van der Waals surface area contributed by atoms with Crippen LogP contribution in [0.2, 0.25) is 0 Å². The van der Waals surface area contributed by atoms with Crippen LogP contribution in [0.25, 0.3) is 17.0 Å². The largest absolute Gasteiger partial charge is 0.287 e. The van der Waals surface area contributed by atoms with Crippen LogP contribution in [0.1, 0.15) is 18.1 Å². The maximum atomic E-state index is 13.3. The van der Waals surface area contributed by atoms with E-state index in [1.54, 1.807) is 23.9 Å². The number of nitrogens with one attached hydrogen (secondary N) is 1. The highest BCUT2D eigenvalue weighted by Crippen LogP contribution is 2.31. The fraction of sp³-hybridized carbons (Fsp3) is 0.217. The molecule has 4 rings (SSSR count). The quantitative estimate of drug-likeness (QED) is 0.490. The first-order valence-corrected chi connectivity index (χ1v) is 11.5. The first-order valence-electron chi connectivity index (χ1n) is 9.62. The van der Waals surface area contributed by atoms with Gasteiger partial charge in [-0.05, 0) is 59.7 Å². The van der Waals surface area contributed by atoms with Gasteiger partial charge in [-0.15, -0.1) is 11.8 Å². The van der Waals surface area contributed by atoms with Crippen molar-refractivity contribution in [2.24, 2.45) is 4.99 Å². The summed E-state index contributed by atoms with van der Waals surface area (Å²) >= 11 is 3.54. The number of aliphatic imine (C=N–C) groups is 1. The van der Waals surface area contributed by atoms with Crippen LogP contribution < -0.4 is 5.32 Å². The van der Waals surface area contributed by atoms with Gasteiger partial charge < -0.3 is 0 Å². The maximum Gasteiger partial charge on any atom is 0.151 e. The fourth-order valence-electron chi connectivity index (χ4n) is 3.20. The first-order chi connectivity index (χ1) is 14.2. The zero-order chi connectivity index (χ0) is 20.1. The molecule has 1 N–H and O–H groups in total. The zero-order valence-electron chi connectivity index (χ0n) is 16.1. The Balaban J connectivity index is 1.38. The highest BCUT2D eigenvalue weighted by atomic mass is 32.2. The summed E-state index contributed by atoms with van der Waals surface area (Å²) < 4.78 is 13.3. The van der Waals surface area contributed by atoms with Crippen LogP contribution in [0.4, 0.5) is 4.39 Å². The number of halogens is 1. The molecule has 0 saturated heterocycles. The molecule has 3 aromatic rings. The molecule has 0 amide bonds. The van der Waals surface area contributed by atoms with Crippen LogP contribution >= 0.6 is 23.5 Å². The maximum absolute atomic E-state index is 13.3. The van der Waals surface area contributed by atoms with E-state index in [4.69, 9.17) is 0 Å². The smallest absolute Gasteiger partial charge is 0.151 e. The third-order valence-corrected chi connectivity index (χ3v) is 6.50. The highest BCUT2D eigenvalue weighted by Gasteiger charge is 2.15. The molecule has 29 heavy (non-hydrogen) atoms. The van der Waals surface area contributed by atoms with Crippen LogP contribution in [0.15, 0.2) is 69.5 Å². The average Bonchev–Trinajstić information content (AvgIpc) is 3.16. The van der Waals surface area contributed by atoms with Crippen molar-refractivity contribution in [1.29, 1.82) is 0 Å². The summed E-state index contributed by atoms with van der Waals surface area (Å²) in [6, 6.07) is 15.2. The fourth-order valence-corrected chi connectivity index (χ4v) is 4.90. The molecule has 0 radical (unpaired) electrons.